The molecule has 0 saturated carbocycles. The molecule has 1 aliphatic heterocycles. The fourth-order valence-electron chi connectivity index (χ4n) is 3.39. The van der Waals surface area contributed by atoms with Gasteiger partial charge >= 0.3 is 6.03 Å². The van der Waals surface area contributed by atoms with E-state index in [9.17, 15) is 4.79 Å². The van der Waals surface area contributed by atoms with Gasteiger partial charge in [0.05, 0.1) is 5.69 Å². The van der Waals surface area contributed by atoms with Crippen molar-refractivity contribution in [3.63, 3.8) is 0 Å². The second-order valence-corrected chi connectivity index (χ2v) is 8.86. The number of nitrogens with one attached hydrogen (secondary N) is 2. The van der Waals surface area contributed by atoms with Crippen LogP contribution in [0.1, 0.15) is 25.0 Å². The molecule has 0 spiro atoms. The zero-order valence-electron chi connectivity index (χ0n) is 16.2. The van der Waals surface area contributed by atoms with Gasteiger partial charge in [-0.05, 0) is 56.3 Å². The van der Waals surface area contributed by atoms with Crippen molar-refractivity contribution in [2.24, 2.45) is 0 Å². The average molecular weight is 462 g/mol. The van der Waals surface area contributed by atoms with Crippen molar-refractivity contribution in [2.45, 2.75) is 25.8 Å². The van der Waals surface area contributed by atoms with Gasteiger partial charge in [-0.15, -0.1) is 11.3 Å². The third-order valence-corrected chi connectivity index (χ3v) is 6.07. The van der Waals surface area contributed by atoms with E-state index in [-0.39, 0.29) is 0 Å². The summed E-state index contributed by atoms with van der Waals surface area (Å²) in [6.07, 6.45) is 3.77. The number of carbonyl (C=O) groups excluding carboxylic acids is 1. The van der Waals surface area contributed by atoms with Crippen molar-refractivity contribution in [3.05, 3.63) is 57.5 Å². The zero-order chi connectivity index (χ0) is 20.9. The van der Waals surface area contributed by atoms with Gasteiger partial charge in [0, 0.05) is 27.5 Å². The predicted octanol–water partition coefficient (Wildman–Crippen LogP) is 6.14. The van der Waals surface area contributed by atoms with Crippen molar-refractivity contribution in [2.75, 3.05) is 23.7 Å². The molecule has 4 rings (SSSR count). The van der Waals surface area contributed by atoms with Crippen LogP contribution in [0.3, 0.4) is 0 Å². The van der Waals surface area contributed by atoms with E-state index in [1.165, 1.54) is 30.6 Å². The Morgan fingerprint density at radius 3 is 2.50 bits per heavy atom. The number of hydrogen-bond acceptors (Lipinski definition) is 5. The molecule has 0 aliphatic carbocycles. The lowest BCUT2D eigenvalue weighted by molar-refractivity contribution is 0.218. The third-order valence-electron chi connectivity index (χ3n) is 4.74. The van der Waals surface area contributed by atoms with Gasteiger partial charge in [0.1, 0.15) is 16.6 Å². The number of rotatable bonds is 5. The number of nitrogens with zero attached hydrogens (tertiary/aromatic N) is 3. The lowest BCUT2D eigenvalue weighted by Crippen LogP contribution is -2.29. The first kappa shape index (κ1) is 21.1. The summed E-state index contributed by atoms with van der Waals surface area (Å²) in [4.78, 5) is 23.8. The highest BCUT2D eigenvalue weighted by Gasteiger charge is 2.13. The predicted molar refractivity (Wildman–Crippen MR) is 124 cm³/mol. The maximum Gasteiger partial charge on any atom is 0.326 e. The molecule has 156 valence electrons. The van der Waals surface area contributed by atoms with Crippen molar-refractivity contribution in [1.82, 2.24) is 14.9 Å². The number of benzene rings is 1. The molecule has 30 heavy (non-hydrogen) atoms. The molecule has 2 amide bonds. The Hall–Kier alpha value is -2.19. The maximum atomic E-state index is 12.4. The number of halogens is 2. The molecule has 2 N–H and O–H groups in total. The molecule has 9 heteroatoms. The van der Waals surface area contributed by atoms with Gasteiger partial charge < -0.3 is 0 Å². The normalized spacial score (nSPS) is 14.5. The molecule has 0 unspecified atom stereocenters. The lowest BCUT2D eigenvalue weighted by atomic mass is 10.1. The summed E-state index contributed by atoms with van der Waals surface area (Å²) in [6, 6.07) is 10.5. The van der Waals surface area contributed by atoms with E-state index < -0.39 is 6.03 Å². The van der Waals surface area contributed by atoms with Crippen molar-refractivity contribution >= 4 is 52.2 Å². The molecule has 6 nitrogen and oxygen atoms in total. The molecule has 2 aromatic heterocycles. The van der Waals surface area contributed by atoms with Crippen LogP contribution in [0.25, 0.3) is 10.6 Å². The van der Waals surface area contributed by atoms with Crippen LogP contribution in [0.5, 0.6) is 0 Å². The van der Waals surface area contributed by atoms with E-state index in [4.69, 9.17) is 23.2 Å². The second-order valence-electron chi connectivity index (χ2n) is 7.13. The van der Waals surface area contributed by atoms with Gasteiger partial charge in [-0.2, -0.15) is 0 Å². The van der Waals surface area contributed by atoms with Gasteiger partial charge in [-0.3, -0.25) is 15.5 Å². The fourth-order valence-corrected chi connectivity index (χ4v) is 4.65. The summed E-state index contributed by atoms with van der Waals surface area (Å²) < 4.78 is 0. The summed E-state index contributed by atoms with van der Waals surface area (Å²) in [5.74, 6) is 0.965. The maximum absolute atomic E-state index is 12.4. The van der Waals surface area contributed by atoms with E-state index in [0.717, 1.165) is 35.9 Å². The van der Waals surface area contributed by atoms with Crippen LogP contribution in [0, 0.1) is 0 Å². The van der Waals surface area contributed by atoms with Crippen LogP contribution in [-0.2, 0) is 6.54 Å². The van der Waals surface area contributed by atoms with Gasteiger partial charge in [0.2, 0.25) is 0 Å². The number of hydrogen-bond donors (Lipinski definition) is 2. The number of anilines is 2. The SMILES string of the molecule is O=C(Nc1cccc(CN2CCCCC2)n1)Nc1csc(-c2cc(Cl)cc(Cl)c2)n1. The second kappa shape index (κ2) is 9.75. The molecule has 0 atom stereocenters. The minimum Gasteiger partial charge on any atom is -0.298 e. The molecular formula is C21H21Cl2N5OS. The molecule has 3 heterocycles. The molecular weight excluding hydrogens is 441 g/mol. The highest BCUT2D eigenvalue weighted by Crippen LogP contribution is 2.30. The Bertz CT molecular complexity index is 1020. The molecule has 0 bridgehead atoms. The van der Waals surface area contributed by atoms with Gasteiger partial charge in [-0.1, -0.05) is 35.7 Å². The minimum absolute atomic E-state index is 0.390. The first-order valence-electron chi connectivity index (χ1n) is 9.73. The van der Waals surface area contributed by atoms with Crippen LogP contribution < -0.4 is 10.6 Å². The van der Waals surface area contributed by atoms with E-state index in [2.05, 4.69) is 25.5 Å². The summed E-state index contributed by atoms with van der Waals surface area (Å²) in [6.45, 7) is 3.00. The van der Waals surface area contributed by atoms with Crippen molar-refractivity contribution in [1.29, 1.82) is 0 Å². The van der Waals surface area contributed by atoms with Crippen LogP contribution in [0.2, 0.25) is 10.0 Å². The fraction of sp³-hybridized carbons (Fsp3) is 0.286. The number of pyridine rings is 1. The molecule has 1 aliphatic rings. The Balaban J connectivity index is 1.37. The Morgan fingerprint density at radius 1 is 1.00 bits per heavy atom. The smallest absolute Gasteiger partial charge is 0.298 e. The third kappa shape index (κ3) is 5.70. The number of carbonyl (C=O) groups is 1. The van der Waals surface area contributed by atoms with E-state index in [1.54, 1.807) is 29.6 Å². The molecule has 1 fully saturated rings. The van der Waals surface area contributed by atoms with E-state index in [1.807, 2.05) is 12.1 Å². The molecule has 3 aromatic rings. The summed E-state index contributed by atoms with van der Waals surface area (Å²) in [5.41, 5.74) is 1.75. The molecule has 0 radical (unpaired) electrons. The number of amides is 2. The highest BCUT2D eigenvalue weighted by atomic mass is 35.5. The summed E-state index contributed by atoms with van der Waals surface area (Å²) >= 11 is 13.5. The van der Waals surface area contributed by atoms with E-state index >= 15 is 0 Å². The summed E-state index contributed by atoms with van der Waals surface area (Å²) in [5, 5.41) is 9.08. The largest absolute Gasteiger partial charge is 0.326 e. The monoisotopic (exact) mass is 461 g/mol. The molecule has 1 aromatic carbocycles. The number of thiazole rings is 1. The number of urea groups is 1. The Morgan fingerprint density at radius 2 is 1.73 bits per heavy atom. The van der Waals surface area contributed by atoms with Gasteiger partial charge in [0.15, 0.2) is 0 Å². The number of likely N-dealkylation sites (tertiary alicyclic amines) is 1. The quantitative estimate of drug-likeness (QED) is 0.478. The van der Waals surface area contributed by atoms with Crippen LogP contribution >= 0.6 is 34.5 Å². The van der Waals surface area contributed by atoms with Gasteiger partial charge in [-0.25, -0.2) is 14.8 Å². The zero-order valence-corrected chi connectivity index (χ0v) is 18.5. The number of piperidine rings is 1. The lowest BCUT2D eigenvalue weighted by Gasteiger charge is -2.26. The highest BCUT2D eigenvalue weighted by molar-refractivity contribution is 7.13. The van der Waals surface area contributed by atoms with Crippen molar-refractivity contribution < 1.29 is 4.79 Å². The topological polar surface area (TPSA) is 70.2 Å². The average Bonchev–Trinajstić information content (AvgIpc) is 3.17. The Kier molecular flexibility index (Phi) is 6.84. The standard InChI is InChI=1S/C21H21Cl2N5OS/c22-15-9-14(10-16(23)11-15)20-25-19(13-30-20)27-21(29)26-18-6-4-5-17(24-18)12-28-7-2-1-3-8-28/h4-6,9-11,13H,1-3,7-8,12H2,(H2,24,26,27,29). The minimum atomic E-state index is -0.390. The Labute approximate surface area is 189 Å². The van der Waals surface area contributed by atoms with Crippen LogP contribution in [0.15, 0.2) is 41.8 Å². The van der Waals surface area contributed by atoms with Crippen LogP contribution in [-0.4, -0.2) is 34.0 Å². The van der Waals surface area contributed by atoms with E-state index in [0.29, 0.717) is 21.7 Å². The van der Waals surface area contributed by atoms with Crippen molar-refractivity contribution in [3.8, 4) is 10.6 Å². The first-order chi connectivity index (χ1) is 14.5. The number of aromatic nitrogens is 2. The van der Waals surface area contributed by atoms with Gasteiger partial charge in [0.25, 0.3) is 0 Å². The first-order valence-corrected chi connectivity index (χ1v) is 11.4. The van der Waals surface area contributed by atoms with Crippen LogP contribution in [0.4, 0.5) is 16.4 Å². The molecule has 1 saturated heterocycles. The summed E-state index contributed by atoms with van der Waals surface area (Å²) in [7, 11) is 0.